The molecule has 0 saturated carbocycles. The second-order valence-corrected chi connectivity index (χ2v) is 5.67. The van der Waals surface area contributed by atoms with E-state index in [0.29, 0.717) is 19.5 Å². The molecule has 116 valence electrons. The van der Waals surface area contributed by atoms with Crippen LogP contribution in [0.4, 0.5) is 4.79 Å². The van der Waals surface area contributed by atoms with E-state index in [4.69, 9.17) is 10.5 Å². The summed E-state index contributed by atoms with van der Waals surface area (Å²) in [6, 6.07) is 9.55. The standard InChI is InChI=1S/C15H20N2O3.ClH/c1-15(9-13(16)18)7-8-17(11-15)14(19)20-10-12-5-3-2-4-6-12;/h2-6H,7-11H2,1H3,(H2,16,18);1H/p-1. The number of ether oxygens (including phenoxy) is 1. The lowest BCUT2D eigenvalue weighted by molar-refractivity contribution is -0.119. The Hall–Kier alpha value is -1.75. The summed E-state index contributed by atoms with van der Waals surface area (Å²) in [6.07, 6.45) is 0.744. The predicted molar refractivity (Wildman–Crippen MR) is 74.7 cm³/mol. The van der Waals surface area contributed by atoms with Gasteiger partial charge in [-0.05, 0) is 17.4 Å². The monoisotopic (exact) mass is 311 g/mol. The van der Waals surface area contributed by atoms with Crippen LogP contribution < -0.4 is 18.1 Å². The molecule has 1 fully saturated rings. The van der Waals surface area contributed by atoms with E-state index in [-0.39, 0.29) is 36.4 Å². The molecule has 1 saturated heterocycles. The third-order valence-electron chi connectivity index (χ3n) is 3.62. The van der Waals surface area contributed by atoms with Crippen molar-refractivity contribution in [2.24, 2.45) is 11.1 Å². The van der Waals surface area contributed by atoms with E-state index in [9.17, 15) is 9.59 Å². The van der Waals surface area contributed by atoms with Gasteiger partial charge in [-0.15, -0.1) is 0 Å². The number of nitrogens with zero attached hydrogens (tertiary/aromatic N) is 1. The number of nitrogens with two attached hydrogens (primary N) is 1. The molecule has 2 rings (SSSR count). The van der Waals surface area contributed by atoms with E-state index in [0.717, 1.165) is 12.0 Å². The summed E-state index contributed by atoms with van der Waals surface area (Å²) < 4.78 is 5.28. The van der Waals surface area contributed by atoms with Gasteiger partial charge in [-0.3, -0.25) is 4.79 Å². The van der Waals surface area contributed by atoms with Crippen molar-refractivity contribution in [2.75, 3.05) is 13.1 Å². The fourth-order valence-electron chi connectivity index (χ4n) is 2.56. The quantitative estimate of drug-likeness (QED) is 0.768. The Balaban J connectivity index is 0.00000220. The van der Waals surface area contributed by atoms with Gasteiger partial charge in [0.1, 0.15) is 6.61 Å². The maximum absolute atomic E-state index is 12.0. The van der Waals surface area contributed by atoms with Gasteiger partial charge in [-0.1, -0.05) is 37.3 Å². The van der Waals surface area contributed by atoms with Crippen LogP contribution >= 0.6 is 0 Å². The summed E-state index contributed by atoms with van der Waals surface area (Å²) in [7, 11) is 0. The van der Waals surface area contributed by atoms with Gasteiger partial charge in [0.25, 0.3) is 0 Å². The molecule has 1 aliphatic heterocycles. The maximum atomic E-state index is 12.0. The summed E-state index contributed by atoms with van der Waals surface area (Å²) >= 11 is 0. The van der Waals surface area contributed by atoms with Crippen molar-refractivity contribution in [1.82, 2.24) is 4.90 Å². The number of carbonyl (C=O) groups is 2. The number of amides is 2. The van der Waals surface area contributed by atoms with Gasteiger partial charge in [0.15, 0.2) is 0 Å². The van der Waals surface area contributed by atoms with Gasteiger partial charge in [0, 0.05) is 19.5 Å². The van der Waals surface area contributed by atoms with Gasteiger partial charge < -0.3 is 27.8 Å². The first-order valence-corrected chi connectivity index (χ1v) is 6.72. The molecule has 6 heteroatoms. The molecule has 0 bridgehead atoms. The number of hydrogen-bond donors (Lipinski definition) is 1. The Bertz CT molecular complexity index is 495. The highest BCUT2D eigenvalue weighted by Gasteiger charge is 2.37. The predicted octanol–water partition coefficient (Wildman–Crippen LogP) is -1.09. The molecule has 1 heterocycles. The fraction of sp³-hybridized carbons (Fsp3) is 0.467. The highest BCUT2D eigenvalue weighted by atomic mass is 35.5. The minimum atomic E-state index is -0.331. The molecule has 21 heavy (non-hydrogen) atoms. The Kier molecular flexibility index (Phi) is 6.03. The Morgan fingerprint density at radius 1 is 1.33 bits per heavy atom. The molecule has 1 aromatic carbocycles. The Morgan fingerprint density at radius 2 is 2.00 bits per heavy atom. The van der Waals surface area contributed by atoms with Crippen molar-refractivity contribution in [3.8, 4) is 0 Å². The van der Waals surface area contributed by atoms with Gasteiger partial charge in [0.05, 0.1) is 0 Å². The maximum Gasteiger partial charge on any atom is 0.410 e. The first kappa shape index (κ1) is 17.3. The van der Waals surface area contributed by atoms with Crippen molar-refractivity contribution in [2.45, 2.75) is 26.4 Å². The first-order valence-electron chi connectivity index (χ1n) is 6.72. The van der Waals surface area contributed by atoms with Crippen LogP contribution in [0, 0.1) is 5.41 Å². The molecule has 1 unspecified atom stereocenters. The topological polar surface area (TPSA) is 72.6 Å². The molecular formula is C15H20ClN2O3-. The highest BCUT2D eigenvalue weighted by Crippen LogP contribution is 2.33. The van der Waals surface area contributed by atoms with Gasteiger partial charge in [-0.25, -0.2) is 4.79 Å². The molecule has 1 aromatic rings. The SMILES string of the molecule is CC1(CC(N)=O)CCN(C(=O)OCc2ccccc2)C1.[Cl-]. The third-order valence-corrected chi connectivity index (χ3v) is 3.62. The minimum absolute atomic E-state index is 0. The average molecular weight is 312 g/mol. The number of benzene rings is 1. The van der Waals surface area contributed by atoms with Gasteiger partial charge >= 0.3 is 6.09 Å². The zero-order valence-corrected chi connectivity index (χ0v) is 12.8. The van der Waals surface area contributed by atoms with E-state index in [1.54, 1.807) is 4.90 Å². The van der Waals surface area contributed by atoms with E-state index < -0.39 is 0 Å². The zero-order chi connectivity index (χ0) is 14.6. The summed E-state index contributed by atoms with van der Waals surface area (Å²) in [6.45, 7) is 3.37. The molecule has 5 nitrogen and oxygen atoms in total. The summed E-state index contributed by atoms with van der Waals surface area (Å²) in [4.78, 5) is 24.7. The average Bonchev–Trinajstić information content (AvgIpc) is 2.78. The van der Waals surface area contributed by atoms with Crippen molar-refractivity contribution < 1.29 is 26.7 Å². The first-order chi connectivity index (χ1) is 9.48. The Morgan fingerprint density at radius 3 is 2.62 bits per heavy atom. The lowest BCUT2D eigenvalue weighted by atomic mass is 9.86. The van der Waals surface area contributed by atoms with E-state index in [1.165, 1.54) is 0 Å². The van der Waals surface area contributed by atoms with Crippen molar-refractivity contribution >= 4 is 12.0 Å². The molecule has 0 spiro atoms. The fourth-order valence-corrected chi connectivity index (χ4v) is 2.56. The second kappa shape index (κ2) is 7.31. The van der Waals surface area contributed by atoms with Crippen molar-refractivity contribution in [3.05, 3.63) is 35.9 Å². The zero-order valence-electron chi connectivity index (χ0n) is 12.0. The molecule has 1 aliphatic rings. The number of rotatable bonds is 4. The number of hydrogen-bond acceptors (Lipinski definition) is 3. The minimum Gasteiger partial charge on any atom is -1.00 e. The number of halogens is 1. The van der Waals surface area contributed by atoms with Crippen LogP contribution in [0.15, 0.2) is 30.3 Å². The van der Waals surface area contributed by atoms with Crippen LogP contribution in [0.25, 0.3) is 0 Å². The second-order valence-electron chi connectivity index (χ2n) is 5.67. The number of likely N-dealkylation sites (tertiary alicyclic amines) is 1. The smallest absolute Gasteiger partial charge is 0.410 e. The van der Waals surface area contributed by atoms with Crippen LogP contribution in [0.5, 0.6) is 0 Å². The van der Waals surface area contributed by atoms with Crippen LogP contribution in [0.1, 0.15) is 25.3 Å². The molecule has 0 radical (unpaired) electrons. The van der Waals surface area contributed by atoms with E-state index in [2.05, 4.69) is 0 Å². The van der Waals surface area contributed by atoms with Gasteiger partial charge in [0.2, 0.25) is 5.91 Å². The molecule has 0 aromatic heterocycles. The van der Waals surface area contributed by atoms with Crippen LogP contribution in [0.2, 0.25) is 0 Å². The van der Waals surface area contributed by atoms with E-state index >= 15 is 0 Å². The molecule has 2 N–H and O–H groups in total. The Labute approximate surface area is 130 Å². The normalized spacial score (nSPS) is 20.7. The van der Waals surface area contributed by atoms with Crippen LogP contribution in [0.3, 0.4) is 0 Å². The van der Waals surface area contributed by atoms with Crippen molar-refractivity contribution in [1.29, 1.82) is 0 Å². The molecule has 1 atom stereocenters. The molecule has 0 aliphatic carbocycles. The van der Waals surface area contributed by atoms with E-state index in [1.807, 2.05) is 37.3 Å². The summed E-state index contributed by atoms with van der Waals surface area (Å²) in [5.74, 6) is -0.327. The lowest BCUT2D eigenvalue weighted by Gasteiger charge is -2.22. The lowest BCUT2D eigenvalue weighted by Crippen LogP contribution is -3.00. The van der Waals surface area contributed by atoms with Crippen molar-refractivity contribution in [3.63, 3.8) is 0 Å². The number of primary amides is 1. The summed E-state index contributed by atoms with van der Waals surface area (Å²) in [5.41, 5.74) is 5.97. The van der Waals surface area contributed by atoms with Gasteiger partial charge in [-0.2, -0.15) is 0 Å². The van der Waals surface area contributed by atoms with Crippen LogP contribution in [-0.2, 0) is 16.1 Å². The summed E-state index contributed by atoms with van der Waals surface area (Å²) in [5, 5.41) is 0. The number of carbonyl (C=O) groups excluding carboxylic acids is 2. The highest BCUT2D eigenvalue weighted by molar-refractivity contribution is 5.75. The molecular weight excluding hydrogens is 292 g/mol. The molecule has 2 amide bonds. The van der Waals surface area contributed by atoms with Crippen LogP contribution in [-0.4, -0.2) is 30.0 Å². The largest absolute Gasteiger partial charge is 1.00 e. The third kappa shape index (κ3) is 4.93.